The van der Waals surface area contributed by atoms with Crippen molar-refractivity contribution in [2.24, 2.45) is 0 Å². The first-order valence-electron chi connectivity index (χ1n) is 7.41. The maximum Gasteiger partial charge on any atom is 0.123 e. The molecule has 0 amide bonds. The van der Waals surface area contributed by atoms with Gasteiger partial charge in [-0.15, -0.1) is 0 Å². The number of nitrogens with one attached hydrogen (secondary N) is 1. The van der Waals surface area contributed by atoms with Crippen LogP contribution in [0.4, 0.5) is 0 Å². The minimum absolute atomic E-state index is 0.649. The molecule has 20 heavy (non-hydrogen) atoms. The van der Waals surface area contributed by atoms with Crippen molar-refractivity contribution in [3.05, 3.63) is 29.8 Å². The summed E-state index contributed by atoms with van der Waals surface area (Å²) in [6, 6.07) is 8.96. The zero-order chi connectivity index (χ0) is 14.0. The average Bonchev–Trinajstić information content (AvgIpc) is 3.29. The molecule has 0 heterocycles. The minimum atomic E-state index is 0.649. The number of rotatable bonds is 11. The Morgan fingerprint density at radius 1 is 1.10 bits per heavy atom. The van der Waals surface area contributed by atoms with Gasteiger partial charge >= 0.3 is 0 Å². The van der Waals surface area contributed by atoms with Crippen molar-refractivity contribution in [2.75, 3.05) is 33.5 Å². The van der Waals surface area contributed by atoms with Gasteiger partial charge in [0.15, 0.2) is 0 Å². The van der Waals surface area contributed by atoms with E-state index in [1.54, 1.807) is 7.11 Å². The molecule has 1 aromatic rings. The molecule has 0 aromatic heterocycles. The third-order valence-electron chi connectivity index (χ3n) is 3.25. The van der Waals surface area contributed by atoms with E-state index in [2.05, 4.69) is 17.4 Å². The van der Waals surface area contributed by atoms with Crippen LogP contribution in [0.5, 0.6) is 5.75 Å². The Morgan fingerprint density at radius 3 is 2.75 bits per heavy atom. The van der Waals surface area contributed by atoms with Gasteiger partial charge in [-0.2, -0.15) is 0 Å². The van der Waals surface area contributed by atoms with E-state index < -0.39 is 0 Å². The number of hydrogen-bond donors (Lipinski definition) is 1. The molecule has 0 aliphatic heterocycles. The molecule has 4 heteroatoms. The predicted octanol–water partition coefficient (Wildman–Crippen LogP) is 2.37. The highest BCUT2D eigenvalue weighted by Crippen LogP contribution is 2.22. The quantitative estimate of drug-likeness (QED) is 0.631. The van der Waals surface area contributed by atoms with Crippen molar-refractivity contribution < 1.29 is 14.2 Å². The van der Waals surface area contributed by atoms with Crippen molar-refractivity contribution in [3.8, 4) is 5.75 Å². The lowest BCUT2D eigenvalue weighted by Crippen LogP contribution is -2.16. The summed E-state index contributed by atoms with van der Waals surface area (Å²) in [6.07, 6.45) is 3.51. The average molecular weight is 279 g/mol. The topological polar surface area (TPSA) is 39.7 Å². The molecule has 2 rings (SSSR count). The maximum absolute atomic E-state index is 5.85. The molecule has 1 saturated carbocycles. The van der Waals surface area contributed by atoms with Gasteiger partial charge in [0.2, 0.25) is 0 Å². The van der Waals surface area contributed by atoms with Gasteiger partial charge in [0, 0.05) is 38.3 Å². The summed E-state index contributed by atoms with van der Waals surface area (Å²) in [4.78, 5) is 0. The van der Waals surface area contributed by atoms with Crippen molar-refractivity contribution in [2.45, 2.75) is 31.8 Å². The van der Waals surface area contributed by atoms with Crippen LogP contribution in [-0.2, 0) is 16.0 Å². The Kier molecular flexibility index (Phi) is 6.84. The number of ether oxygens (including phenoxy) is 3. The largest absolute Gasteiger partial charge is 0.493 e. The van der Waals surface area contributed by atoms with Gasteiger partial charge in [0.05, 0.1) is 19.8 Å². The van der Waals surface area contributed by atoms with Crippen molar-refractivity contribution in [1.29, 1.82) is 0 Å². The zero-order valence-electron chi connectivity index (χ0n) is 12.3. The molecule has 1 N–H and O–H groups in total. The number of methoxy groups -OCH3 is 1. The maximum atomic E-state index is 5.85. The molecule has 0 atom stereocenters. The monoisotopic (exact) mass is 279 g/mol. The summed E-state index contributed by atoms with van der Waals surface area (Å²) in [5, 5.41) is 3.52. The Morgan fingerprint density at radius 2 is 1.95 bits per heavy atom. The fourth-order valence-electron chi connectivity index (χ4n) is 1.92. The highest BCUT2D eigenvalue weighted by atomic mass is 16.5. The lowest BCUT2D eigenvalue weighted by atomic mass is 10.2. The zero-order valence-corrected chi connectivity index (χ0v) is 12.3. The number of benzene rings is 1. The van der Waals surface area contributed by atoms with Crippen molar-refractivity contribution in [1.82, 2.24) is 5.32 Å². The minimum Gasteiger partial charge on any atom is -0.493 e. The predicted molar refractivity (Wildman–Crippen MR) is 79.1 cm³/mol. The summed E-state index contributed by atoms with van der Waals surface area (Å²) in [7, 11) is 1.68. The normalized spacial score (nSPS) is 14.4. The van der Waals surface area contributed by atoms with Crippen LogP contribution >= 0.6 is 0 Å². The van der Waals surface area contributed by atoms with Gasteiger partial charge in [0.1, 0.15) is 5.75 Å². The first-order chi connectivity index (χ1) is 9.90. The van der Waals surface area contributed by atoms with E-state index in [0.717, 1.165) is 24.8 Å². The lowest BCUT2D eigenvalue weighted by molar-refractivity contribution is 0.0644. The first-order valence-corrected chi connectivity index (χ1v) is 7.41. The van der Waals surface area contributed by atoms with Crippen LogP contribution in [0.3, 0.4) is 0 Å². The highest BCUT2D eigenvalue weighted by molar-refractivity contribution is 5.33. The van der Waals surface area contributed by atoms with Crippen LogP contribution in [0.15, 0.2) is 24.3 Å². The summed E-state index contributed by atoms with van der Waals surface area (Å²) in [5.41, 5.74) is 1.24. The van der Waals surface area contributed by atoms with E-state index in [1.165, 1.54) is 18.4 Å². The number of para-hydroxylation sites is 1. The molecule has 1 aromatic carbocycles. The van der Waals surface area contributed by atoms with Gasteiger partial charge < -0.3 is 19.5 Å². The first kappa shape index (κ1) is 15.3. The van der Waals surface area contributed by atoms with E-state index in [9.17, 15) is 0 Å². The van der Waals surface area contributed by atoms with Gasteiger partial charge in [0.25, 0.3) is 0 Å². The summed E-state index contributed by atoms with van der Waals surface area (Å²) >= 11 is 0. The van der Waals surface area contributed by atoms with Crippen LogP contribution in [0.2, 0.25) is 0 Å². The second-order valence-electron chi connectivity index (χ2n) is 5.07. The van der Waals surface area contributed by atoms with Crippen LogP contribution in [0.25, 0.3) is 0 Å². The molecule has 4 nitrogen and oxygen atoms in total. The molecule has 1 aliphatic rings. The smallest absolute Gasteiger partial charge is 0.123 e. The molecule has 112 valence electrons. The summed E-state index contributed by atoms with van der Waals surface area (Å²) < 4.78 is 16.2. The van der Waals surface area contributed by atoms with Gasteiger partial charge in [-0.25, -0.2) is 0 Å². The molecular formula is C16H25NO3. The number of hydrogen-bond acceptors (Lipinski definition) is 4. The van der Waals surface area contributed by atoms with Gasteiger partial charge in [-0.1, -0.05) is 18.2 Å². The van der Waals surface area contributed by atoms with Gasteiger partial charge in [-0.05, 0) is 18.9 Å². The SMILES string of the molecule is COCCOCCCOc1ccccc1CNC1CC1. The Hall–Kier alpha value is -1.10. The lowest BCUT2D eigenvalue weighted by Gasteiger charge is -2.12. The Labute approximate surface area is 121 Å². The molecule has 1 fully saturated rings. The Bertz CT molecular complexity index is 380. The van der Waals surface area contributed by atoms with Crippen molar-refractivity contribution >= 4 is 0 Å². The van der Waals surface area contributed by atoms with Crippen LogP contribution in [0, 0.1) is 0 Å². The van der Waals surface area contributed by atoms with Crippen LogP contribution in [-0.4, -0.2) is 39.6 Å². The summed E-state index contributed by atoms with van der Waals surface area (Å²) in [6.45, 7) is 3.60. The fraction of sp³-hybridized carbons (Fsp3) is 0.625. The van der Waals surface area contributed by atoms with E-state index in [-0.39, 0.29) is 0 Å². The van der Waals surface area contributed by atoms with Crippen molar-refractivity contribution in [3.63, 3.8) is 0 Å². The second-order valence-corrected chi connectivity index (χ2v) is 5.07. The third kappa shape index (κ3) is 5.90. The van der Waals surface area contributed by atoms with Crippen LogP contribution in [0.1, 0.15) is 24.8 Å². The van der Waals surface area contributed by atoms with E-state index in [0.29, 0.717) is 26.4 Å². The summed E-state index contributed by atoms with van der Waals surface area (Å²) in [5.74, 6) is 0.984. The molecular weight excluding hydrogens is 254 g/mol. The fourth-order valence-corrected chi connectivity index (χ4v) is 1.92. The Balaban J connectivity index is 1.63. The molecule has 0 radical (unpaired) electrons. The molecule has 0 unspecified atom stereocenters. The molecule has 0 saturated heterocycles. The van der Waals surface area contributed by atoms with Gasteiger partial charge in [-0.3, -0.25) is 0 Å². The van der Waals surface area contributed by atoms with E-state index in [1.807, 2.05) is 12.1 Å². The van der Waals surface area contributed by atoms with E-state index >= 15 is 0 Å². The standard InChI is InChI=1S/C16H25NO3/c1-18-11-12-19-9-4-10-20-16-6-3-2-5-14(16)13-17-15-7-8-15/h2-3,5-6,15,17H,4,7-13H2,1H3. The second kappa shape index (κ2) is 8.95. The van der Waals surface area contributed by atoms with E-state index in [4.69, 9.17) is 14.2 Å². The molecule has 1 aliphatic carbocycles. The third-order valence-corrected chi connectivity index (χ3v) is 3.25. The molecule has 0 spiro atoms. The highest BCUT2D eigenvalue weighted by Gasteiger charge is 2.20. The molecule has 0 bridgehead atoms. The van der Waals surface area contributed by atoms with Crippen LogP contribution < -0.4 is 10.1 Å².